The van der Waals surface area contributed by atoms with E-state index < -0.39 is 21.7 Å². The summed E-state index contributed by atoms with van der Waals surface area (Å²) in [5.74, 6) is -1.40. The Labute approximate surface area is 120 Å². The maximum absolute atomic E-state index is 13.0. The predicted octanol–water partition coefficient (Wildman–Crippen LogP) is 1.26. The first-order valence-electron chi connectivity index (χ1n) is 5.85. The van der Waals surface area contributed by atoms with Gasteiger partial charge in [-0.15, -0.1) is 0 Å². The van der Waals surface area contributed by atoms with Crippen LogP contribution in [0.25, 0.3) is 0 Å². The highest BCUT2D eigenvalue weighted by atomic mass is 32.2. The number of hydrogen-bond donors (Lipinski definition) is 2. The van der Waals surface area contributed by atoms with Crippen LogP contribution in [0.5, 0.6) is 0 Å². The standard InChI is InChI=1S/C13H12FN3O3S/c14-11-5-10(6-16-7-11)13(18)17-12-3-1-9(2-4-12)8-21(15,19)20/h1-7H,8H2,(H,17,18)(H2,15,19,20). The van der Waals surface area contributed by atoms with E-state index in [1.807, 2.05) is 0 Å². The predicted molar refractivity (Wildman–Crippen MR) is 75.4 cm³/mol. The highest BCUT2D eigenvalue weighted by Crippen LogP contribution is 2.13. The molecule has 0 aliphatic heterocycles. The lowest BCUT2D eigenvalue weighted by molar-refractivity contribution is 0.102. The summed E-state index contributed by atoms with van der Waals surface area (Å²) >= 11 is 0. The molecule has 1 amide bonds. The second-order valence-corrected chi connectivity index (χ2v) is 5.96. The number of primary sulfonamides is 1. The second kappa shape index (κ2) is 5.98. The molecule has 0 spiro atoms. The molecule has 3 N–H and O–H groups in total. The number of carbonyl (C=O) groups excluding carboxylic acids is 1. The number of sulfonamides is 1. The van der Waals surface area contributed by atoms with Gasteiger partial charge in [0.05, 0.1) is 17.5 Å². The first kappa shape index (κ1) is 15.1. The summed E-state index contributed by atoms with van der Waals surface area (Å²) in [6, 6.07) is 7.20. The summed E-state index contributed by atoms with van der Waals surface area (Å²) in [5, 5.41) is 7.49. The largest absolute Gasteiger partial charge is 0.322 e. The fourth-order valence-corrected chi connectivity index (χ4v) is 2.31. The minimum atomic E-state index is -3.60. The molecule has 1 aromatic carbocycles. The van der Waals surface area contributed by atoms with Gasteiger partial charge >= 0.3 is 0 Å². The molecule has 2 aromatic rings. The molecule has 0 unspecified atom stereocenters. The molecule has 21 heavy (non-hydrogen) atoms. The number of anilines is 1. The van der Waals surface area contributed by atoms with Crippen molar-refractivity contribution >= 4 is 21.6 Å². The lowest BCUT2D eigenvalue weighted by Gasteiger charge is -2.06. The third-order valence-electron chi connectivity index (χ3n) is 2.55. The Morgan fingerprint density at radius 2 is 1.90 bits per heavy atom. The van der Waals surface area contributed by atoms with Crippen molar-refractivity contribution in [2.75, 3.05) is 5.32 Å². The van der Waals surface area contributed by atoms with Gasteiger partial charge in [0.25, 0.3) is 5.91 Å². The first-order valence-corrected chi connectivity index (χ1v) is 7.56. The van der Waals surface area contributed by atoms with Crippen LogP contribution in [-0.4, -0.2) is 19.3 Å². The van der Waals surface area contributed by atoms with E-state index in [9.17, 15) is 17.6 Å². The van der Waals surface area contributed by atoms with Crippen LogP contribution in [0.3, 0.4) is 0 Å². The topological polar surface area (TPSA) is 102 Å². The average molecular weight is 309 g/mol. The number of rotatable bonds is 4. The summed E-state index contributed by atoms with van der Waals surface area (Å²) in [4.78, 5) is 15.4. The average Bonchev–Trinajstić information content (AvgIpc) is 2.39. The van der Waals surface area contributed by atoms with Gasteiger partial charge in [-0.1, -0.05) is 12.1 Å². The maximum Gasteiger partial charge on any atom is 0.257 e. The smallest absolute Gasteiger partial charge is 0.257 e. The molecule has 0 atom stereocenters. The van der Waals surface area contributed by atoms with Crippen LogP contribution in [0.1, 0.15) is 15.9 Å². The van der Waals surface area contributed by atoms with Gasteiger partial charge in [0.1, 0.15) is 5.82 Å². The third kappa shape index (κ3) is 4.62. The zero-order valence-electron chi connectivity index (χ0n) is 10.8. The fourth-order valence-electron chi connectivity index (χ4n) is 1.66. The lowest BCUT2D eigenvalue weighted by atomic mass is 10.2. The number of amides is 1. The Hall–Kier alpha value is -2.32. The van der Waals surface area contributed by atoms with Crippen LogP contribution >= 0.6 is 0 Å². The number of carbonyl (C=O) groups is 1. The Bertz CT molecular complexity index is 760. The molecule has 1 aromatic heterocycles. The Morgan fingerprint density at radius 1 is 1.24 bits per heavy atom. The van der Waals surface area contributed by atoms with Gasteiger partial charge < -0.3 is 5.32 Å². The van der Waals surface area contributed by atoms with Crippen molar-refractivity contribution in [1.82, 2.24) is 4.98 Å². The Kier molecular flexibility index (Phi) is 4.29. The van der Waals surface area contributed by atoms with E-state index in [0.29, 0.717) is 11.3 Å². The summed E-state index contributed by atoms with van der Waals surface area (Å²) in [6.07, 6.45) is 2.24. The van der Waals surface area contributed by atoms with Gasteiger partial charge in [-0.2, -0.15) is 0 Å². The molecule has 0 saturated heterocycles. The van der Waals surface area contributed by atoms with Crippen LogP contribution < -0.4 is 10.5 Å². The summed E-state index contributed by atoms with van der Waals surface area (Å²) < 4.78 is 34.9. The number of pyridine rings is 1. The molecule has 110 valence electrons. The SMILES string of the molecule is NS(=O)(=O)Cc1ccc(NC(=O)c2cncc(F)c2)cc1. The number of nitrogens with zero attached hydrogens (tertiary/aromatic N) is 1. The quantitative estimate of drug-likeness (QED) is 0.887. The second-order valence-electron chi connectivity index (χ2n) is 4.35. The van der Waals surface area contributed by atoms with Crippen LogP contribution in [-0.2, 0) is 15.8 Å². The van der Waals surface area contributed by atoms with Gasteiger partial charge in [-0.05, 0) is 23.8 Å². The summed E-state index contributed by atoms with van der Waals surface area (Å²) in [6.45, 7) is 0. The zero-order chi connectivity index (χ0) is 15.5. The monoisotopic (exact) mass is 309 g/mol. The lowest BCUT2D eigenvalue weighted by Crippen LogP contribution is -2.15. The molecule has 8 heteroatoms. The molecule has 0 fully saturated rings. The molecule has 0 radical (unpaired) electrons. The minimum absolute atomic E-state index is 0.0867. The van der Waals surface area contributed by atoms with Crippen molar-refractivity contribution in [3.8, 4) is 0 Å². The van der Waals surface area contributed by atoms with E-state index in [1.54, 1.807) is 0 Å². The molecule has 1 heterocycles. The molecule has 6 nitrogen and oxygen atoms in total. The number of hydrogen-bond acceptors (Lipinski definition) is 4. The van der Waals surface area contributed by atoms with Crippen molar-refractivity contribution in [1.29, 1.82) is 0 Å². The molecule has 0 bridgehead atoms. The summed E-state index contributed by atoms with van der Waals surface area (Å²) in [7, 11) is -3.60. The third-order valence-corrected chi connectivity index (χ3v) is 3.28. The van der Waals surface area contributed by atoms with E-state index in [1.165, 1.54) is 30.5 Å². The molecule has 2 rings (SSSR count). The fraction of sp³-hybridized carbons (Fsp3) is 0.0769. The first-order chi connectivity index (χ1) is 9.83. The number of benzene rings is 1. The van der Waals surface area contributed by atoms with E-state index in [0.717, 1.165) is 12.3 Å². The highest BCUT2D eigenvalue weighted by Gasteiger charge is 2.09. The number of nitrogens with one attached hydrogen (secondary N) is 1. The van der Waals surface area contributed by atoms with E-state index >= 15 is 0 Å². The molecule has 0 aliphatic carbocycles. The summed E-state index contributed by atoms with van der Waals surface area (Å²) in [5.41, 5.74) is 1.04. The number of halogens is 1. The maximum atomic E-state index is 13.0. The van der Waals surface area contributed by atoms with Gasteiger partial charge in [-0.25, -0.2) is 17.9 Å². The molecule has 0 aliphatic rings. The van der Waals surface area contributed by atoms with E-state index in [4.69, 9.17) is 5.14 Å². The Balaban J connectivity index is 2.08. The van der Waals surface area contributed by atoms with Crippen LogP contribution in [0.4, 0.5) is 10.1 Å². The zero-order valence-corrected chi connectivity index (χ0v) is 11.6. The van der Waals surface area contributed by atoms with Gasteiger partial charge in [0, 0.05) is 11.9 Å². The number of nitrogens with two attached hydrogens (primary N) is 1. The highest BCUT2D eigenvalue weighted by molar-refractivity contribution is 7.88. The van der Waals surface area contributed by atoms with Gasteiger partial charge in [-0.3, -0.25) is 9.78 Å². The van der Waals surface area contributed by atoms with Gasteiger partial charge in [0.15, 0.2) is 0 Å². The van der Waals surface area contributed by atoms with Crippen LogP contribution in [0, 0.1) is 5.82 Å². The van der Waals surface area contributed by atoms with Crippen molar-refractivity contribution in [2.45, 2.75) is 5.75 Å². The Morgan fingerprint density at radius 3 is 2.48 bits per heavy atom. The number of aromatic nitrogens is 1. The van der Waals surface area contributed by atoms with E-state index in [-0.39, 0.29) is 11.3 Å². The minimum Gasteiger partial charge on any atom is -0.322 e. The molecular weight excluding hydrogens is 297 g/mol. The van der Waals surface area contributed by atoms with Crippen LogP contribution in [0.15, 0.2) is 42.7 Å². The normalized spacial score (nSPS) is 11.1. The van der Waals surface area contributed by atoms with Crippen molar-refractivity contribution in [3.05, 3.63) is 59.7 Å². The van der Waals surface area contributed by atoms with Gasteiger partial charge in [0.2, 0.25) is 10.0 Å². The van der Waals surface area contributed by atoms with E-state index in [2.05, 4.69) is 10.3 Å². The molecule has 0 saturated carbocycles. The van der Waals surface area contributed by atoms with Crippen molar-refractivity contribution < 1.29 is 17.6 Å². The van der Waals surface area contributed by atoms with Crippen LogP contribution in [0.2, 0.25) is 0 Å². The van der Waals surface area contributed by atoms with Crippen molar-refractivity contribution in [3.63, 3.8) is 0 Å². The van der Waals surface area contributed by atoms with Crippen molar-refractivity contribution in [2.24, 2.45) is 5.14 Å². The molecular formula is C13H12FN3O3S.